The van der Waals surface area contributed by atoms with Crippen LogP contribution in [0.5, 0.6) is 0 Å². The third-order valence-corrected chi connectivity index (χ3v) is 7.63. The van der Waals surface area contributed by atoms with Gasteiger partial charge in [-0.15, -0.1) is 11.3 Å². The van der Waals surface area contributed by atoms with E-state index in [0.717, 1.165) is 37.0 Å². The van der Waals surface area contributed by atoms with Crippen molar-refractivity contribution in [3.8, 4) is 11.8 Å². The average Bonchev–Trinajstić information content (AvgIpc) is 3.22. The maximum Gasteiger partial charge on any atom is 0.348 e. The van der Waals surface area contributed by atoms with Crippen molar-refractivity contribution >= 4 is 34.8 Å². The first-order valence-corrected chi connectivity index (χ1v) is 13.4. The minimum absolute atomic E-state index is 0.0456. The molecule has 2 amide bonds. The summed E-state index contributed by atoms with van der Waals surface area (Å²) >= 11 is 1.09. The van der Waals surface area contributed by atoms with E-state index in [-0.39, 0.29) is 34.4 Å². The fourth-order valence-corrected chi connectivity index (χ4v) is 5.43. The van der Waals surface area contributed by atoms with Gasteiger partial charge in [-0.05, 0) is 65.4 Å². The summed E-state index contributed by atoms with van der Waals surface area (Å²) in [5.74, 6) is 5.43. The molecule has 1 atom stereocenters. The molecule has 0 radical (unpaired) electrons. The van der Waals surface area contributed by atoms with Crippen LogP contribution in [0, 0.1) is 29.1 Å². The molecule has 0 bridgehead atoms. The maximum atomic E-state index is 13.9. The van der Waals surface area contributed by atoms with Crippen molar-refractivity contribution in [1.82, 2.24) is 4.90 Å². The molecular formula is C27H38N2O5S. The Morgan fingerprint density at radius 1 is 1.20 bits per heavy atom. The average molecular weight is 503 g/mol. The van der Waals surface area contributed by atoms with Crippen molar-refractivity contribution in [2.24, 2.45) is 17.3 Å². The summed E-state index contributed by atoms with van der Waals surface area (Å²) in [7, 11) is 0. The molecule has 1 aliphatic heterocycles. The van der Waals surface area contributed by atoms with Crippen LogP contribution in [-0.4, -0.2) is 60.1 Å². The van der Waals surface area contributed by atoms with Gasteiger partial charge in [-0.2, -0.15) is 0 Å². The maximum absolute atomic E-state index is 13.9. The van der Waals surface area contributed by atoms with Crippen molar-refractivity contribution < 1.29 is 24.2 Å². The number of amides is 2. The predicted octanol–water partition coefficient (Wildman–Crippen LogP) is 4.64. The molecule has 8 heteroatoms. The highest BCUT2D eigenvalue weighted by Gasteiger charge is 2.35. The highest BCUT2D eigenvalue weighted by molar-refractivity contribution is 7.15. The Bertz CT molecular complexity index is 985. The number of aromatic carboxylic acids is 1. The van der Waals surface area contributed by atoms with Gasteiger partial charge in [-0.25, -0.2) is 4.79 Å². The van der Waals surface area contributed by atoms with E-state index in [4.69, 9.17) is 4.74 Å². The van der Waals surface area contributed by atoms with Crippen LogP contribution >= 0.6 is 11.3 Å². The lowest BCUT2D eigenvalue weighted by atomic mass is 9.82. The van der Waals surface area contributed by atoms with Crippen molar-refractivity contribution in [3.63, 3.8) is 0 Å². The molecule has 7 nitrogen and oxygen atoms in total. The molecule has 192 valence electrons. The molecule has 1 aromatic rings. The molecule has 1 aliphatic carbocycles. The lowest BCUT2D eigenvalue weighted by molar-refractivity contribution is -0.135. The standard InChI is InChI=1S/C27H38N2O5S/c1-18-6-8-20(9-7-18)25(31)29(19(2)16-23(30)28-12-14-34-15-13-28)22-17-21(10-11-27(3,4)5)35-24(22)26(32)33/h17-20H,6-9,12-16H2,1-5H3,(H,32,33)/t18?,19-,20?/m0/s1. The molecule has 2 aliphatic rings. The zero-order valence-electron chi connectivity index (χ0n) is 21.6. The van der Waals surface area contributed by atoms with Gasteiger partial charge in [0.2, 0.25) is 11.8 Å². The van der Waals surface area contributed by atoms with Gasteiger partial charge in [0, 0.05) is 36.9 Å². The van der Waals surface area contributed by atoms with Gasteiger partial charge >= 0.3 is 5.97 Å². The number of carboxylic acid groups (broad SMARTS) is 1. The minimum Gasteiger partial charge on any atom is -0.477 e. The van der Waals surface area contributed by atoms with Crippen LogP contribution in [0.25, 0.3) is 0 Å². The first-order chi connectivity index (χ1) is 16.5. The van der Waals surface area contributed by atoms with Gasteiger partial charge in [0.25, 0.3) is 0 Å². The SMILES string of the molecule is CC1CCC(C(=O)N(c2cc(C#CC(C)(C)C)sc2C(=O)O)[C@@H](C)CC(=O)N2CCOCC2)CC1. The van der Waals surface area contributed by atoms with Gasteiger partial charge in [-0.3, -0.25) is 9.59 Å². The van der Waals surface area contributed by atoms with E-state index >= 15 is 0 Å². The molecular weight excluding hydrogens is 464 g/mol. The smallest absolute Gasteiger partial charge is 0.348 e. The summed E-state index contributed by atoms with van der Waals surface area (Å²) in [6, 6.07) is 1.24. The van der Waals surface area contributed by atoms with E-state index in [0.29, 0.717) is 42.8 Å². The van der Waals surface area contributed by atoms with Crippen molar-refractivity contribution in [2.45, 2.75) is 72.8 Å². The quantitative estimate of drug-likeness (QED) is 0.573. The van der Waals surface area contributed by atoms with Gasteiger partial charge in [0.1, 0.15) is 4.88 Å². The highest BCUT2D eigenvalue weighted by atomic mass is 32.1. The monoisotopic (exact) mass is 502 g/mol. The number of nitrogens with zero attached hydrogens (tertiary/aromatic N) is 2. The van der Waals surface area contributed by atoms with Crippen LogP contribution in [0.4, 0.5) is 5.69 Å². The second kappa shape index (κ2) is 11.6. The third-order valence-electron chi connectivity index (χ3n) is 6.60. The molecule has 1 aromatic heterocycles. The largest absolute Gasteiger partial charge is 0.477 e. The number of carboxylic acids is 1. The van der Waals surface area contributed by atoms with E-state index in [2.05, 4.69) is 18.8 Å². The van der Waals surface area contributed by atoms with Crippen LogP contribution in [0.2, 0.25) is 0 Å². The number of thiophene rings is 1. The summed E-state index contributed by atoms with van der Waals surface area (Å²) in [5.41, 5.74) is 0.117. The summed E-state index contributed by atoms with van der Waals surface area (Å²) in [6.07, 6.45) is 3.65. The summed E-state index contributed by atoms with van der Waals surface area (Å²) < 4.78 is 5.35. The molecule has 35 heavy (non-hydrogen) atoms. The summed E-state index contributed by atoms with van der Waals surface area (Å²) in [5, 5.41) is 9.99. The fraction of sp³-hybridized carbons (Fsp3) is 0.667. The Hall–Kier alpha value is -2.37. The van der Waals surface area contributed by atoms with E-state index in [1.807, 2.05) is 27.7 Å². The van der Waals surface area contributed by atoms with Gasteiger partial charge in [0.15, 0.2) is 0 Å². The lowest BCUT2D eigenvalue weighted by Gasteiger charge is -2.35. The molecule has 0 aromatic carbocycles. The molecule has 1 saturated carbocycles. The Morgan fingerprint density at radius 3 is 2.40 bits per heavy atom. The Labute approximate surface area is 212 Å². The lowest BCUT2D eigenvalue weighted by Crippen LogP contribution is -2.47. The number of carbonyl (C=O) groups excluding carboxylic acids is 2. The molecule has 1 N–H and O–H groups in total. The van der Waals surface area contributed by atoms with Crippen LogP contribution in [0.1, 0.15) is 81.3 Å². The van der Waals surface area contributed by atoms with Crippen LogP contribution < -0.4 is 4.90 Å². The van der Waals surface area contributed by atoms with Crippen molar-refractivity contribution in [1.29, 1.82) is 0 Å². The van der Waals surface area contributed by atoms with Gasteiger partial charge in [0.05, 0.1) is 23.8 Å². The summed E-state index contributed by atoms with van der Waals surface area (Å²) in [4.78, 5) is 43.1. The van der Waals surface area contributed by atoms with Crippen LogP contribution in [-0.2, 0) is 14.3 Å². The zero-order chi connectivity index (χ0) is 25.8. The Morgan fingerprint density at radius 2 is 1.83 bits per heavy atom. The van der Waals surface area contributed by atoms with E-state index in [1.165, 1.54) is 0 Å². The highest BCUT2D eigenvalue weighted by Crippen LogP contribution is 2.36. The second-order valence-electron chi connectivity index (χ2n) is 10.8. The molecule has 1 saturated heterocycles. The van der Waals surface area contributed by atoms with Gasteiger partial charge in [-0.1, -0.05) is 18.8 Å². The van der Waals surface area contributed by atoms with E-state index in [9.17, 15) is 19.5 Å². The van der Waals surface area contributed by atoms with Crippen LogP contribution in [0.3, 0.4) is 0 Å². The molecule has 0 spiro atoms. The first-order valence-electron chi connectivity index (χ1n) is 12.5. The Kier molecular flexibility index (Phi) is 9.00. The predicted molar refractivity (Wildman–Crippen MR) is 138 cm³/mol. The van der Waals surface area contributed by atoms with Gasteiger partial charge < -0.3 is 19.6 Å². The van der Waals surface area contributed by atoms with E-state index in [1.54, 1.807) is 15.9 Å². The number of carbonyl (C=O) groups is 3. The first kappa shape index (κ1) is 27.2. The minimum atomic E-state index is -1.09. The molecule has 2 heterocycles. The summed E-state index contributed by atoms with van der Waals surface area (Å²) in [6.45, 7) is 12.1. The number of morpholine rings is 1. The molecule has 3 rings (SSSR count). The number of anilines is 1. The Balaban J connectivity index is 1.96. The number of rotatable bonds is 6. The number of hydrogen-bond donors (Lipinski definition) is 1. The topological polar surface area (TPSA) is 87.2 Å². The number of hydrogen-bond acceptors (Lipinski definition) is 5. The zero-order valence-corrected chi connectivity index (χ0v) is 22.4. The second-order valence-corrected chi connectivity index (χ2v) is 11.9. The van der Waals surface area contributed by atoms with E-state index < -0.39 is 12.0 Å². The van der Waals surface area contributed by atoms with Crippen molar-refractivity contribution in [2.75, 3.05) is 31.2 Å². The molecule has 0 unspecified atom stereocenters. The third kappa shape index (κ3) is 7.31. The molecule has 2 fully saturated rings. The van der Waals surface area contributed by atoms with Crippen molar-refractivity contribution in [3.05, 3.63) is 15.8 Å². The van der Waals surface area contributed by atoms with Crippen LogP contribution in [0.15, 0.2) is 6.07 Å². The number of ether oxygens (including phenoxy) is 1. The normalized spacial score (nSPS) is 21.6. The fourth-order valence-electron chi connectivity index (χ4n) is 4.59.